The number of carbonyl (C=O) groups is 1. The van der Waals surface area contributed by atoms with E-state index in [1.807, 2.05) is 32.6 Å². The predicted octanol–water partition coefficient (Wildman–Crippen LogP) is 3.57. The van der Waals surface area contributed by atoms with Crippen LogP contribution in [0.25, 0.3) is 0 Å². The first-order valence-corrected chi connectivity index (χ1v) is 9.26. The fourth-order valence-corrected chi connectivity index (χ4v) is 5.41. The molecule has 2 fully saturated rings. The van der Waals surface area contributed by atoms with E-state index in [1.54, 1.807) is 0 Å². The number of nitrogens with one attached hydrogen (secondary N) is 1. The van der Waals surface area contributed by atoms with Gasteiger partial charge in [-0.1, -0.05) is 43.2 Å². The van der Waals surface area contributed by atoms with Crippen molar-refractivity contribution < 1.29 is 10.0 Å². The molecule has 1 aliphatic heterocycles. The van der Waals surface area contributed by atoms with Gasteiger partial charge in [0.2, 0.25) is 0 Å². The summed E-state index contributed by atoms with van der Waals surface area (Å²) in [4.78, 5) is 14.4. The first kappa shape index (κ1) is 17.8. The second-order valence-electron chi connectivity index (χ2n) is 6.98. The summed E-state index contributed by atoms with van der Waals surface area (Å²) < 4.78 is 0.384. The number of rotatable bonds is 3. The van der Waals surface area contributed by atoms with E-state index in [4.69, 9.17) is 12.2 Å². The maximum absolute atomic E-state index is 12.4. The molecule has 2 amide bonds. The first-order chi connectivity index (χ1) is 10.2. The monoisotopic (exact) mass is 345 g/mol. The highest BCUT2D eigenvalue weighted by Gasteiger charge is 2.50. The van der Waals surface area contributed by atoms with Crippen molar-refractivity contribution in [2.45, 2.75) is 82.8 Å². The van der Waals surface area contributed by atoms with E-state index in [9.17, 15) is 10.0 Å². The van der Waals surface area contributed by atoms with E-state index in [1.165, 1.54) is 18.2 Å². The van der Waals surface area contributed by atoms with Crippen LogP contribution in [0.2, 0.25) is 0 Å². The van der Waals surface area contributed by atoms with Crippen LogP contribution in [0.4, 0.5) is 4.79 Å². The van der Waals surface area contributed by atoms with Gasteiger partial charge in [-0.15, -0.1) is 0 Å². The summed E-state index contributed by atoms with van der Waals surface area (Å²) in [6.45, 7) is 8.06. The molecule has 0 aromatic heterocycles. The second kappa shape index (κ2) is 6.93. The van der Waals surface area contributed by atoms with Crippen molar-refractivity contribution in [1.82, 2.24) is 15.3 Å². The summed E-state index contributed by atoms with van der Waals surface area (Å²) in [7, 11) is 0. The lowest BCUT2D eigenvalue weighted by molar-refractivity contribution is -0.124. The Hall–Kier alpha value is -0.530. The Labute approximate surface area is 142 Å². The van der Waals surface area contributed by atoms with Gasteiger partial charge in [0, 0.05) is 12.1 Å². The van der Waals surface area contributed by atoms with Gasteiger partial charge in [0.25, 0.3) is 0 Å². The van der Waals surface area contributed by atoms with Gasteiger partial charge in [-0.25, -0.2) is 4.79 Å². The molecule has 1 saturated carbocycles. The average molecular weight is 346 g/mol. The topological polar surface area (TPSA) is 55.8 Å². The molecule has 7 heteroatoms. The Kier molecular flexibility index (Phi) is 5.61. The molecule has 5 nitrogen and oxygen atoms in total. The largest absolute Gasteiger partial charge is 0.343 e. The van der Waals surface area contributed by atoms with Crippen molar-refractivity contribution in [3.8, 4) is 0 Å². The van der Waals surface area contributed by atoms with E-state index in [2.05, 4.69) is 5.32 Å². The summed E-state index contributed by atoms with van der Waals surface area (Å²) in [5, 5.41) is 14.3. The molecular formula is C15H27N3O2S2. The highest BCUT2D eigenvalue weighted by Crippen LogP contribution is 2.43. The van der Waals surface area contributed by atoms with Crippen LogP contribution in [0.3, 0.4) is 0 Å². The molecule has 1 heterocycles. The number of hydrogen-bond acceptors (Lipinski definition) is 4. The molecule has 22 heavy (non-hydrogen) atoms. The van der Waals surface area contributed by atoms with E-state index >= 15 is 0 Å². The van der Waals surface area contributed by atoms with E-state index in [-0.39, 0.29) is 16.8 Å². The van der Waals surface area contributed by atoms with Crippen LogP contribution in [0, 0.1) is 0 Å². The quantitative estimate of drug-likeness (QED) is 0.465. The van der Waals surface area contributed by atoms with Crippen LogP contribution in [0.15, 0.2) is 0 Å². The number of carbonyl (C=O) groups excluding carboxylic acids is 1. The Balaban J connectivity index is 2.09. The van der Waals surface area contributed by atoms with Crippen LogP contribution in [0.1, 0.15) is 59.8 Å². The standard InChI is InChI=1S/C15H27N3O2S2/c1-10(2)17-12(15(3,4)22-14(17)21)18(20)13(19)16-11-8-6-5-7-9-11/h10-12,20H,5-9H2,1-4H3,(H,16,19)/t12-/m1/s1. The van der Waals surface area contributed by atoms with Crippen LogP contribution < -0.4 is 5.32 Å². The molecule has 0 radical (unpaired) electrons. The Morgan fingerprint density at radius 1 is 1.41 bits per heavy atom. The van der Waals surface area contributed by atoms with Gasteiger partial charge in [-0.3, -0.25) is 5.21 Å². The third-order valence-electron chi connectivity index (χ3n) is 4.38. The molecule has 126 valence electrons. The lowest BCUT2D eigenvalue weighted by Crippen LogP contribution is -2.59. The SMILES string of the molecule is CC(C)N1C(=S)SC(C)(C)[C@H]1N(O)C(=O)NC1CCCCC1. The van der Waals surface area contributed by atoms with Crippen molar-refractivity contribution in [3.63, 3.8) is 0 Å². The predicted molar refractivity (Wildman–Crippen MR) is 94.1 cm³/mol. The van der Waals surface area contributed by atoms with Crippen molar-refractivity contribution in [3.05, 3.63) is 0 Å². The molecule has 0 aromatic carbocycles. The van der Waals surface area contributed by atoms with Crippen molar-refractivity contribution in [2.24, 2.45) is 0 Å². The Morgan fingerprint density at radius 3 is 2.55 bits per heavy atom. The number of thiocarbonyl (C=S) groups is 1. The van der Waals surface area contributed by atoms with Gasteiger partial charge in [-0.05, 0) is 40.5 Å². The Morgan fingerprint density at radius 2 is 2.00 bits per heavy atom. The summed E-state index contributed by atoms with van der Waals surface area (Å²) >= 11 is 6.96. The maximum Gasteiger partial charge on any atom is 0.343 e. The fraction of sp³-hybridized carbons (Fsp3) is 0.867. The number of thioether (sulfide) groups is 1. The molecule has 2 aliphatic rings. The molecule has 0 aromatic rings. The third-order valence-corrected chi connectivity index (χ3v) is 5.96. The first-order valence-electron chi connectivity index (χ1n) is 8.04. The summed E-state index contributed by atoms with van der Waals surface area (Å²) in [5.74, 6) is 0. The molecule has 0 bridgehead atoms. The zero-order chi connectivity index (χ0) is 16.5. The highest BCUT2D eigenvalue weighted by atomic mass is 32.2. The minimum Gasteiger partial charge on any atom is -0.333 e. The van der Waals surface area contributed by atoms with Crippen LogP contribution in [-0.4, -0.2) is 48.5 Å². The molecular weight excluding hydrogens is 318 g/mol. The average Bonchev–Trinajstić information content (AvgIpc) is 2.68. The van der Waals surface area contributed by atoms with Gasteiger partial charge >= 0.3 is 6.03 Å². The van der Waals surface area contributed by atoms with Gasteiger partial charge < -0.3 is 10.2 Å². The zero-order valence-corrected chi connectivity index (χ0v) is 15.5. The number of nitrogens with zero attached hydrogens (tertiary/aromatic N) is 2. The summed E-state index contributed by atoms with van der Waals surface area (Å²) in [5.41, 5.74) is 0. The number of hydrogen-bond donors (Lipinski definition) is 2. The van der Waals surface area contributed by atoms with Gasteiger partial charge in [0.05, 0.1) is 4.75 Å². The van der Waals surface area contributed by atoms with Crippen molar-refractivity contribution >= 4 is 34.3 Å². The van der Waals surface area contributed by atoms with Crippen molar-refractivity contribution in [2.75, 3.05) is 0 Å². The van der Waals surface area contributed by atoms with Crippen LogP contribution >= 0.6 is 24.0 Å². The number of hydroxylamine groups is 2. The normalized spacial score (nSPS) is 25.6. The van der Waals surface area contributed by atoms with Crippen LogP contribution in [-0.2, 0) is 0 Å². The second-order valence-corrected chi connectivity index (χ2v) is 9.26. The summed E-state index contributed by atoms with van der Waals surface area (Å²) in [6.07, 6.45) is 5.06. The lowest BCUT2D eigenvalue weighted by atomic mass is 9.96. The fourth-order valence-electron chi connectivity index (χ4n) is 3.27. The Bertz CT molecular complexity index is 437. The van der Waals surface area contributed by atoms with E-state index < -0.39 is 12.2 Å². The van der Waals surface area contributed by atoms with Gasteiger partial charge in [0.15, 0.2) is 0 Å². The number of urea groups is 1. The molecule has 0 spiro atoms. The minimum atomic E-state index is -0.450. The van der Waals surface area contributed by atoms with E-state index in [0.29, 0.717) is 0 Å². The smallest absolute Gasteiger partial charge is 0.333 e. The molecule has 0 unspecified atom stereocenters. The number of amides is 2. The minimum absolute atomic E-state index is 0.129. The molecule has 1 saturated heterocycles. The molecule has 2 N–H and O–H groups in total. The third kappa shape index (κ3) is 3.68. The zero-order valence-electron chi connectivity index (χ0n) is 13.8. The molecule has 2 rings (SSSR count). The summed E-state index contributed by atoms with van der Waals surface area (Å²) in [6, 6.07) is -0.114. The molecule has 1 atom stereocenters. The maximum atomic E-state index is 12.4. The van der Waals surface area contributed by atoms with E-state index in [0.717, 1.165) is 35.1 Å². The van der Waals surface area contributed by atoms with Crippen molar-refractivity contribution in [1.29, 1.82) is 0 Å². The lowest BCUT2D eigenvalue weighted by Gasteiger charge is -2.39. The highest BCUT2D eigenvalue weighted by molar-refractivity contribution is 8.24. The molecule has 1 aliphatic carbocycles. The van der Waals surface area contributed by atoms with Gasteiger partial charge in [0.1, 0.15) is 10.5 Å². The van der Waals surface area contributed by atoms with Crippen LogP contribution in [0.5, 0.6) is 0 Å². The van der Waals surface area contributed by atoms with Gasteiger partial charge in [-0.2, -0.15) is 5.06 Å².